The van der Waals surface area contributed by atoms with E-state index in [1.807, 2.05) is 52.0 Å². The minimum Gasteiger partial charge on any atom is -0.508 e. The number of rotatable bonds is 8. The minimum atomic E-state index is -1.82. The van der Waals surface area contributed by atoms with E-state index in [0.717, 1.165) is 33.2 Å². The number of aromatic nitrogens is 3. The molecule has 14 nitrogen and oxygen atoms in total. The molecule has 314 valence electrons. The standard InChI is InChI=1S/C47H47N5O9/c1-6-30-32-18-29(53)12-13-37(32)48-42-34(30)23-52-38(42)20-36-35(44(52)56)24-59-45(57)47(36,7-2)60-46(58)51-16-14-50(15-17-51)22-27-8-10-28(11-9-27)41-26(5)49-61-43(41)33-19-31(25(3)4)39(54)21-40(33)55/h8-13,18-21,25,53-55H,6-7,14-17,22-24H2,1-5H3. The SMILES string of the molecule is CCc1c2c(nc3ccc(O)cc13)-c1cc3c(c(=O)n1C2)COC(=O)C3(CC)OC(=O)N1CCN(Cc2ccc(-c3c(C)noc3-c3cc(C(C)C)c(O)cc3O)cc2)CC1. The van der Waals surface area contributed by atoms with Gasteiger partial charge in [-0.3, -0.25) is 9.69 Å². The number of aromatic hydroxyl groups is 3. The van der Waals surface area contributed by atoms with Gasteiger partial charge < -0.3 is 38.8 Å². The third-order valence-corrected chi connectivity index (χ3v) is 12.5. The normalized spacial score (nSPS) is 17.3. The number of nitrogens with zero attached hydrogens (tertiary/aromatic N) is 5. The second-order valence-corrected chi connectivity index (χ2v) is 16.4. The molecule has 1 atom stereocenters. The van der Waals surface area contributed by atoms with Crippen molar-refractivity contribution in [3.63, 3.8) is 0 Å². The van der Waals surface area contributed by atoms with Gasteiger partial charge in [-0.2, -0.15) is 0 Å². The molecule has 1 fully saturated rings. The molecule has 0 bridgehead atoms. The predicted octanol–water partition coefficient (Wildman–Crippen LogP) is 7.47. The molecule has 3 aliphatic heterocycles. The maximum atomic E-state index is 14.1. The van der Waals surface area contributed by atoms with Crippen LogP contribution in [0.25, 0.3) is 44.7 Å². The Kier molecular flexibility index (Phi) is 9.85. The van der Waals surface area contributed by atoms with Crippen LogP contribution in [0.1, 0.15) is 79.1 Å². The number of fused-ring (bicyclic) bond motifs is 5. The number of piperazine rings is 1. The molecule has 1 saturated heterocycles. The zero-order chi connectivity index (χ0) is 42.9. The first-order chi connectivity index (χ1) is 29.3. The van der Waals surface area contributed by atoms with Crippen LogP contribution in [0.4, 0.5) is 4.79 Å². The van der Waals surface area contributed by atoms with Crippen molar-refractivity contribution >= 4 is 23.0 Å². The van der Waals surface area contributed by atoms with Gasteiger partial charge in [0.15, 0.2) is 5.76 Å². The van der Waals surface area contributed by atoms with E-state index in [1.54, 1.807) is 46.7 Å². The van der Waals surface area contributed by atoms with Crippen LogP contribution >= 0.6 is 0 Å². The molecule has 1 amide bonds. The van der Waals surface area contributed by atoms with Gasteiger partial charge in [0.2, 0.25) is 5.60 Å². The highest BCUT2D eigenvalue weighted by Crippen LogP contribution is 2.45. The van der Waals surface area contributed by atoms with Crippen molar-refractivity contribution in [2.24, 2.45) is 0 Å². The summed E-state index contributed by atoms with van der Waals surface area (Å²) in [4.78, 5) is 50.6. The van der Waals surface area contributed by atoms with Crippen LogP contribution in [0.5, 0.6) is 17.2 Å². The molecule has 3 aromatic heterocycles. The Bertz CT molecular complexity index is 2820. The second-order valence-electron chi connectivity index (χ2n) is 16.4. The smallest absolute Gasteiger partial charge is 0.411 e. The molecule has 3 aliphatic rings. The number of hydrogen-bond acceptors (Lipinski definition) is 12. The summed E-state index contributed by atoms with van der Waals surface area (Å²) in [5.41, 5.74) is 6.66. The Hall–Kier alpha value is -6.67. The van der Waals surface area contributed by atoms with E-state index in [4.69, 9.17) is 19.0 Å². The third kappa shape index (κ3) is 6.56. The Morgan fingerprint density at radius 2 is 1.69 bits per heavy atom. The Morgan fingerprint density at radius 3 is 2.39 bits per heavy atom. The lowest BCUT2D eigenvalue weighted by atomic mass is 9.85. The summed E-state index contributed by atoms with van der Waals surface area (Å²) >= 11 is 0. The van der Waals surface area contributed by atoms with Gasteiger partial charge in [-0.05, 0) is 78.3 Å². The number of carbonyl (C=O) groups is 2. The highest BCUT2D eigenvalue weighted by atomic mass is 16.6. The second kappa shape index (κ2) is 15.1. The van der Waals surface area contributed by atoms with E-state index in [1.165, 1.54) is 6.07 Å². The van der Waals surface area contributed by atoms with Gasteiger partial charge in [0, 0.05) is 55.3 Å². The van der Waals surface area contributed by atoms with E-state index >= 15 is 0 Å². The number of carbonyl (C=O) groups excluding carboxylic acids is 2. The number of ether oxygens (including phenoxy) is 2. The average molecular weight is 826 g/mol. The molecule has 6 aromatic rings. The number of amides is 1. The van der Waals surface area contributed by atoms with Crippen molar-refractivity contribution in [2.45, 2.75) is 78.7 Å². The lowest BCUT2D eigenvalue weighted by Gasteiger charge is -2.39. The lowest BCUT2D eigenvalue weighted by molar-refractivity contribution is -0.173. The zero-order valence-electron chi connectivity index (χ0n) is 34.7. The molecular formula is C47H47N5O9. The summed E-state index contributed by atoms with van der Waals surface area (Å²) in [5.74, 6) is -0.212. The van der Waals surface area contributed by atoms with Crippen molar-refractivity contribution in [1.82, 2.24) is 24.5 Å². The van der Waals surface area contributed by atoms with Gasteiger partial charge in [-0.1, -0.05) is 57.1 Å². The minimum absolute atomic E-state index is 0.0233. The third-order valence-electron chi connectivity index (χ3n) is 12.5. The van der Waals surface area contributed by atoms with Gasteiger partial charge >= 0.3 is 12.1 Å². The Morgan fingerprint density at radius 1 is 0.934 bits per heavy atom. The monoisotopic (exact) mass is 825 g/mol. The van der Waals surface area contributed by atoms with Gasteiger partial charge in [0.25, 0.3) is 5.56 Å². The molecule has 61 heavy (non-hydrogen) atoms. The summed E-state index contributed by atoms with van der Waals surface area (Å²) in [6.45, 7) is 12.1. The summed E-state index contributed by atoms with van der Waals surface area (Å²) in [6.07, 6.45) is 0.0603. The molecule has 9 rings (SSSR count). The van der Waals surface area contributed by atoms with Gasteiger partial charge in [-0.25, -0.2) is 14.6 Å². The molecule has 3 aromatic carbocycles. The van der Waals surface area contributed by atoms with Crippen molar-refractivity contribution < 1.29 is 38.9 Å². The number of aryl methyl sites for hydroxylation is 2. The highest BCUT2D eigenvalue weighted by molar-refractivity contribution is 5.91. The van der Waals surface area contributed by atoms with Crippen LogP contribution in [0.15, 0.2) is 70.0 Å². The molecule has 0 radical (unpaired) electrons. The van der Waals surface area contributed by atoms with Crippen LogP contribution in [-0.4, -0.2) is 78.1 Å². The summed E-state index contributed by atoms with van der Waals surface area (Å²) in [7, 11) is 0. The maximum Gasteiger partial charge on any atom is 0.411 e. The maximum absolute atomic E-state index is 14.1. The Balaban J connectivity index is 0.909. The number of benzene rings is 3. The first-order valence-corrected chi connectivity index (χ1v) is 20.7. The number of esters is 1. The topological polar surface area (TPSA) is 181 Å². The van der Waals surface area contributed by atoms with Crippen molar-refractivity contribution in [2.75, 3.05) is 26.2 Å². The number of hydrogen-bond donors (Lipinski definition) is 3. The fourth-order valence-electron chi connectivity index (χ4n) is 9.18. The molecule has 0 spiro atoms. The summed E-state index contributed by atoms with van der Waals surface area (Å²) < 4.78 is 19.1. The van der Waals surface area contributed by atoms with Crippen LogP contribution in [0, 0.1) is 6.92 Å². The first kappa shape index (κ1) is 39.8. The fourth-order valence-corrected chi connectivity index (χ4v) is 9.18. The fraction of sp³-hybridized carbons (Fsp3) is 0.340. The molecule has 6 heterocycles. The zero-order valence-corrected chi connectivity index (χ0v) is 34.7. The van der Waals surface area contributed by atoms with Crippen LogP contribution in [0.2, 0.25) is 0 Å². The predicted molar refractivity (Wildman–Crippen MR) is 226 cm³/mol. The molecule has 3 N–H and O–H groups in total. The molecule has 0 saturated carbocycles. The van der Waals surface area contributed by atoms with Crippen LogP contribution in [0.3, 0.4) is 0 Å². The first-order valence-electron chi connectivity index (χ1n) is 20.7. The quantitative estimate of drug-likeness (QED) is 0.129. The molecular weight excluding hydrogens is 779 g/mol. The van der Waals surface area contributed by atoms with Gasteiger partial charge in [-0.15, -0.1) is 0 Å². The largest absolute Gasteiger partial charge is 0.508 e. The summed E-state index contributed by atoms with van der Waals surface area (Å²) in [6, 6.07) is 17.9. The van der Waals surface area contributed by atoms with Crippen LogP contribution in [-0.2, 0) is 46.0 Å². The molecule has 14 heteroatoms. The summed E-state index contributed by atoms with van der Waals surface area (Å²) in [5, 5.41) is 36.4. The van der Waals surface area contributed by atoms with E-state index < -0.39 is 17.7 Å². The van der Waals surface area contributed by atoms with Crippen LogP contribution < -0.4 is 5.56 Å². The molecule has 0 aliphatic carbocycles. The van der Waals surface area contributed by atoms with E-state index in [2.05, 4.69) is 10.1 Å². The number of pyridine rings is 2. The number of phenolic OH excluding ortho intramolecular Hbond substituents is 3. The van der Waals surface area contributed by atoms with Crippen molar-refractivity contribution in [3.05, 3.63) is 110 Å². The molecule has 1 unspecified atom stereocenters. The Labute approximate surface area is 351 Å². The number of phenols is 3. The van der Waals surface area contributed by atoms with E-state index in [-0.39, 0.29) is 53.9 Å². The van der Waals surface area contributed by atoms with Gasteiger partial charge in [0.05, 0.1) is 45.8 Å². The van der Waals surface area contributed by atoms with E-state index in [9.17, 15) is 29.7 Å². The lowest BCUT2D eigenvalue weighted by Crippen LogP contribution is -2.53. The van der Waals surface area contributed by atoms with Gasteiger partial charge in [0.1, 0.15) is 23.9 Å². The average Bonchev–Trinajstić information content (AvgIpc) is 3.81. The van der Waals surface area contributed by atoms with Crippen molar-refractivity contribution in [3.8, 4) is 51.1 Å². The number of cyclic esters (lactones) is 1. The van der Waals surface area contributed by atoms with E-state index in [0.29, 0.717) is 84.2 Å². The highest BCUT2D eigenvalue weighted by Gasteiger charge is 2.51. The van der Waals surface area contributed by atoms with Crippen molar-refractivity contribution in [1.29, 1.82) is 0 Å².